The molecule has 4 rings (SSSR count). The van der Waals surface area contributed by atoms with Gasteiger partial charge < -0.3 is 19.3 Å². The molecule has 1 amide bonds. The molecule has 1 aromatic heterocycles. The van der Waals surface area contributed by atoms with Gasteiger partial charge in [-0.1, -0.05) is 6.92 Å². The highest BCUT2D eigenvalue weighted by Gasteiger charge is 2.41. The standard InChI is InChI=1S/C19H28N4O3/c1-2-15-5-3-4-10-23(15)17-7-6-16(20-21-17)18(24)22-11-8-19(9-12-22)25-13-14-26-19/h6-7,15H,2-5,8-14H2,1H3. The predicted octanol–water partition coefficient (Wildman–Crippen LogP) is 2.22. The zero-order chi connectivity index (χ0) is 18.0. The van der Waals surface area contributed by atoms with Crippen molar-refractivity contribution in [3.05, 3.63) is 17.8 Å². The van der Waals surface area contributed by atoms with E-state index in [4.69, 9.17) is 9.47 Å². The van der Waals surface area contributed by atoms with Crippen LogP contribution in [0.2, 0.25) is 0 Å². The summed E-state index contributed by atoms with van der Waals surface area (Å²) in [5.74, 6) is 0.372. The fourth-order valence-corrected chi connectivity index (χ4v) is 4.32. The highest BCUT2D eigenvalue weighted by molar-refractivity contribution is 5.92. The maximum absolute atomic E-state index is 12.7. The van der Waals surface area contributed by atoms with Crippen molar-refractivity contribution >= 4 is 11.7 Å². The average Bonchev–Trinajstić information content (AvgIpc) is 3.16. The van der Waals surface area contributed by atoms with Crippen LogP contribution in [0.4, 0.5) is 5.82 Å². The lowest BCUT2D eigenvalue weighted by molar-refractivity contribution is -0.181. The Balaban J connectivity index is 1.39. The molecule has 7 heteroatoms. The Kier molecular flexibility index (Phi) is 5.09. The van der Waals surface area contributed by atoms with E-state index in [1.807, 2.05) is 17.0 Å². The van der Waals surface area contributed by atoms with E-state index in [-0.39, 0.29) is 5.91 Å². The number of hydrogen-bond acceptors (Lipinski definition) is 6. The van der Waals surface area contributed by atoms with Crippen LogP contribution < -0.4 is 4.90 Å². The second-order valence-electron chi connectivity index (χ2n) is 7.43. The summed E-state index contributed by atoms with van der Waals surface area (Å²) in [7, 11) is 0. The monoisotopic (exact) mass is 360 g/mol. The summed E-state index contributed by atoms with van der Waals surface area (Å²) in [5.41, 5.74) is 0.419. The smallest absolute Gasteiger partial charge is 0.274 e. The zero-order valence-electron chi connectivity index (χ0n) is 15.5. The Morgan fingerprint density at radius 3 is 2.58 bits per heavy atom. The van der Waals surface area contributed by atoms with Crippen LogP contribution in [0.1, 0.15) is 55.9 Å². The Bertz CT molecular complexity index is 620. The highest BCUT2D eigenvalue weighted by atomic mass is 16.7. The largest absolute Gasteiger partial charge is 0.352 e. The van der Waals surface area contributed by atoms with E-state index < -0.39 is 5.79 Å². The number of nitrogens with zero attached hydrogens (tertiary/aromatic N) is 4. The van der Waals surface area contributed by atoms with Crippen molar-refractivity contribution in [2.24, 2.45) is 0 Å². The van der Waals surface area contributed by atoms with Crippen molar-refractivity contribution in [1.29, 1.82) is 0 Å². The van der Waals surface area contributed by atoms with Crippen LogP contribution in [0, 0.1) is 0 Å². The fraction of sp³-hybridized carbons (Fsp3) is 0.737. The van der Waals surface area contributed by atoms with E-state index in [2.05, 4.69) is 22.0 Å². The van der Waals surface area contributed by atoms with Crippen molar-refractivity contribution in [1.82, 2.24) is 15.1 Å². The first kappa shape index (κ1) is 17.7. The molecule has 0 N–H and O–H groups in total. The van der Waals surface area contributed by atoms with Gasteiger partial charge in [0, 0.05) is 38.5 Å². The molecular weight excluding hydrogens is 332 g/mol. The van der Waals surface area contributed by atoms with Gasteiger partial charge in [0.1, 0.15) is 0 Å². The van der Waals surface area contributed by atoms with E-state index in [0.29, 0.717) is 38.0 Å². The lowest BCUT2D eigenvalue weighted by atomic mass is 10.00. The first-order valence-corrected chi connectivity index (χ1v) is 9.88. The Labute approximate surface area is 154 Å². The second-order valence-corrected chi connectivity index (χ2v) is 7.43. The average molecular weight is 360 g/mol. The van der Waals surface area contributed by atoms with Gasteiger partial charge in [0.2, 0.25) is 0 Å². The molecule has 0 aliphatic carbocycles. The predicted molar refractivity (Wildman–Crippen MR) is 97.1 cm³/mol. The molecule has 1 spiro atoms. The summed E-state index contributed by atoms with van der Waals surface area (Å²) >= 11 is 0. The number of hydrogen-bond donors (Lipinski definition) is 0. The van der Waals surface area contributed by atoms with Gasteiger partial charge in [-0.3, -0.25) is 4.79 Å². The normalized spacial score (nSPS) is 25.7. The minimum Gasteiger partial charge on any atom is -0.352 e. The number of piperidine rings is 2. The number of rotatable bonds is 3. The molecule has 1 aromatic rings. The summed E-state index contributed by atoms with van der Waals surface area (Å²) in [4.78, 5) is 16.9. The second kappa shape index (κ2) is 7.48. The molecule has 3 fully saturated rings. The van der Waals surface area contributed by atoms with Gasteiger partial charge in [0.15, 0.2) is 17.3 Å². The van der Waals surface area contributed by atoms with Crippen molar-refractivity contribution in [3.63, 3.8) is 0 Å². The number of likely N-dealkylation sites (tertiary alicyclic amines) is 1. The Morgan fingerprint density at radius 1 is 1.15 bits per heavy atom. The first-order chi connectivity index (χ1) is 12.7. The molecule has 7 nitrogen and oxygen atoms in total. The first-order valence-electron chi connectivity index (χ1n) is 9.88. The molecule has 1 unspecified atom stereocenters. The Morgan fingerprint density at radius 2 is 1.92 bits per heavy atom. The van der Waals surface area contributed by atoms with Gasteiger partial charge >= 0.3 is 0 Å². The van der Waals surface area contributed by atoms with Crippen LogP contribution in [0.3, 0.4) is 0 Å². The van der Waals surface area contributed by atoms with Crippen LogP contribution >= 0.6 is 0 Å². The molecule has 26 heavy (non-hydrogen) atoms. The third-order valence-corrected chi connectivity index (χ3v) is 5.89. The lowest BCUT2D eigenvalue weighted by Gasteiger charge is -2.37. The van der Waals surface area contributed by atoms with Crippen LogP contribution in [0.5, 0.6) is 0 Å². The SMILES string of the molecule is CCC1CCCCN1c1ccc(C(=O)N2CCC3(CC2)OCCO3)nn1. The summed E-state index contributed by atoms with van der Waals surface area (Å²) in [6.45, 7) is 5.80. The van der Waals surface area contributed by atoms with Gasteiger partial charge in [-0.2, -0.15) is 0 Å². The minimum atomic E-state index is -0.463. The number of anilines is 1. The molecule has 0 aromatic carbocycles. The van der Waals surface area contributed by atoms with Crippen LogP contribution in [-0.2, 0) is 9.47 Å². The van der Waals surface area contributed by atoms with E-state index in [9.17, 15) is 4.79 Å². The van der Waals surface area contributed by atoms with Crippen molar-refractivity contribution in [2.45, 2.75) is 57.3 Å². The van der Waals surface area contributed by atoms with E-state index in [0.717, 1.165) is 31.6 Å². The summed E-state index contributed by atoms with van der Waals surface area (Å²) < 4.78 is 11.5. The van der Waals surface area contributed by atoms with Crippen molar-refractivity contribution in [2.75, 3.05) is 37.7 Å². The topological polar surface area (TPSA) is 67.8 Å². The number of amides is 1. The maximum atomic E-state index is 12.7. The minimum absolute atomic E-state index is 0.0532. The lowest BCUT2D eigenvalue weighted by Crippen LogP contribution is -2.47. The third-order valence-electron chi connectivity index (χ3n) is 5.89. The summed E-state index contributed by atoms with van der Waals surface area (Å²) in [6, 6.07) is 4.30. The molecule has 142 valence electrons. The van der Waals surface area contributed by atoms with E-state index in [1.165, 1.54) is 19.3 Å². The molecule has 1 atom stereocenters. The number of ether oxygens (including phenoxy) is 2. The molecule has 0 saturated carbocycles. The number of carbonyl (C=O) groups is 1. The van der Waals surface area contributed by atoms with Gasteiger partial charge in [0.05, 0.1) is 13.2 Å². The van der Waals surface area contributed by atoms with Gasteiger partial charge in [-0.15, -0.1) is 10.2 Å². The summed E-state index contributed by atoms with van der Waals surface area (Å²) in [5, 5.41) is 8.61. The fourth-order valence-electron chi connectivity index (χ4n) is 4.32. The van der Waals surface area contributed by atoms with Crippen molar-refractivity contribution in [3.8, 4) is 0 Å². The molecule has 0 radical (unpaired) electrons. The van der Waals surface area contributed by atoms with E-state index in [1.54, 1.807) is 0 Å². The van der Waals surface area contributed by atoms with Gasteiger partial charge in [-0.05, 0) is 37.8 Å². The van der Waals surface area contributed by atoms with Gasteiger partial charge in [0.25, 0.3) is 5.91 Å². The summed E-state index contributed by atoms with van der Waals surface area (Å²) in [6.07, 6.45) is 6.23. The van der Waals surface area contributed by atoms with E-state index >= 15 is 0 Å². The zero-order valence-corrected chi connectivity index (χ0v) is 15.5. The molecule has 0 bridgehead atoms. The van der Waals surface area contributed by atoms with Crippen LogP contribution in [0.25, 0.3) is 0 Å². The molecule has 3 aliphatic heterocycles. The van der Waals surface area contributed by atoms with Gasteiger partial charge in [-0.25, -0.2) is 0 Å². The number of carbonyl (C=O) groups excluding carboxylic acids is 1. The van der Waals surface area contributed by atoms with Crippen LogP contribution in [0.15, 0.2) is 12.1 Å². The third kappa shape index (κ3) is 3.42. The molecule has 4 heterocycles. The highest BCUT2D eigenvalue weighted by Crippen LogP contribution is 2.31. The van der Waals surface area contributed by atoms with Crippen LogP contribution in [-0.4, -0.2) is 65.7 Å². The Hall–Kier alpha value is -1.73. The maximum Gasteiger partial charge on any atom is 0.274 e. The molecule has 3 aliphatic rings. The quantitative estimate of drug-likeness (QED) is 0.823. The molecule has 3 saturated heterocycles. The molecular formula is C19H28N4O3. The van der Waals surface area contributed by atoms with Crippen molar-refractivity contribution < 1.29 is 14.3 Å². The number of aromatic nitrogens is 2.